The van der Waals surface area contributed by atoms with Gasteiger partial charge in [0.2, 0.25) is 0 Å². The van der Waals surface area contributed by atoms with Crippen LogP contribution in [0.5, 0.6) is 0 Å². The van der Waals surface area contributed by atoms with E-state index in [9.17, 15) is 0 Å². The molecule has 1 N–H and O–H groups in total. The van der Waals surface area contributed by atoms with Crippen LogP contribution in [0, 0.1) is 5.92 Å². The average Bonchev–Trinajstić information content (AvgIpc) is 2.39. The van der Waals surface area contributed by atoms with E-state index in [0.717, 1.165) is 12.5 Å². The van der Waals surface area contributed by atoms with Gasteiger partial charge in [-0.2, -0.15) is 0 Å². The van der Waals surface area contributed by atoms with E-state index >= 15 is 0 Å². The average molecular weight is 260 g/mol. The fourth-order valence-corrected chi connectivity index (χ4v) is 3.14. The molecule has 19 heavy (non-hydrogen) atoms. The van der Waals surface area contributed by atoms with Crippen molar-refractivity contribution in [3.05, 3.63) is 29.8 Å². The molecule has 106 valence electrons. The molecule has 1 aliphatic carbocycles. The van der Waals surface area contributed by atoms with Crippen LogP contribution in [-0.2, 0) is 6.54 Å². The molecule has 1 aromatic rings. The molecule has 0 saturated heterocycles. The zero-order valence-corrected chi connectivity index (χ0v) is 12.7. The molecule has 2 nitrogen and oxygen atoms in total. The Labute approximate surface area is 118 Å². The summed E-state index contributed by atoms with van der Waals surface area (Å²) in [6.07, 6.45) is 7.05. The SMILES string of the molecule is CC(Nc1cccc(CN(C)C)c1)C1CCCCC1. The topological polar surface area (TPSA) is 15.3 Å². The van der Waals surface area contributed by atoms with Crippen LogP contribution in [0.25, 0.3) is 0 Å². The summed E-state index contributed by atoms with van der Waals surface area (Å²) in [6, 6.07) is 9.44. The standard InChI is InChI=1S/C17H28N2/c1-14(16-9-5-4-6-10-16)18-17-11-7-8-15(12-17)13-19(2)3/h7-8,11-12,14,16,18H,4-6,9-10,13H2,1-3H3. The lowest BCUT2D eigenvalue weighted by atomic mass is 9.84. The van der Waals surface area contributed by atoms with Gasteiger partial charge < -0.3 is 10.2 Å². The molecule has 1 unspecified atom stereocenters. The van der Waals surface area contributed by atoms with E-state index in [1.165, 1.54) is 43.4 Å². The van der Waals surface area contributed by atoms with E-state index in [1.807, 2.05) is 0 Å². The van der Waals surface area contributed by atoms with Gasteiger partial charge in [-0.25, -0.2) is 0 Å². The van der Waals surface area contributed by atoms with Crippen molar-refractivity contribution in [3.8, 4) is 0 Å². The number of hydrogen-bond acceptors (Lipinski definition) is 2. The van der Waals surface area contributed by atoms with Gasteiger partial charge in [-0.05, 0) is 57.5 Å². The van der Waals surface area contributed by atoms with Crippen LogP contribution in [-0.4, -0.2) is 25.0 Å². The molecule has 0 radical (unpaired) electrons. The summed E-state index contributed by atoms with van der Waals surface area (Å²) in [5.74, 6) is 0.853. The number of anilines is 1. The second-order valence-electron chi connectivity index (χ2n) is 6.27. The normalized spacial score (nSPS) is 18.5. The second kappa shape index (κ2) is 6.95. The molecule has 0 aliphatic heterocycles. The van der Waals surface area contributed by atoms with E-state index in [1.54, 1.807) is 0 Å². The third kappa shape index (κ3) is 4.54. The number of rotatable bonds is 5. The van der Waals surface area contributed by atoms with E-state index in [4.69, 9.17) is 0 Å². The highest BCUT2D eigenvalue weighted by Gasteiger charge is 2.19. The fraction of sp³-hybridized carbons (Fsp3) is 0.647. The molecule has 1 aliphatic rings. The first-order valence-corrected chi connectivity index (χ1v) is 7.65. The minimum atomic E-state index is 0.593. The van der Waals surface area contributed by atoms with Crippen LogP contribution in [0.15, 0.2) is 24.3 Å². The van der Waals surface area contributed by atoms with Gasteiger partial charge >= 0.3 is 0 Å². The zero-order chi connectivity index (χ0) is 13.7. The Morgan fingerprint density at radius 2 is 1.95 bits per heavy atom. The highest BCUT2D eigenvalue weighted by molar-refractivity contribution is 5.46. The van der Waals surface area contributed by atoms with Gasteiger partial charge in [0.05, 0.1) is 0 Å². The van der Waals surface area contributed by atoms with Crippen LogP contribution < -0.4 is 5.32 Å². The summed E-state index contributed by atoms with van der Waals surface area (Å²) in [5.41, 5.74) is 2.66. The highest BCUT2D eigenvalue weighted by Crippen LogP contribution is 2.28. The molecular weight excluding hydrogens is 232 g/mol. The summed E-state index contributed by atoms with van der Waals surface area (Å²) >= 11 is 0. The molecule has 0 heterocycles. The molecule has 1 atom stereocenters. The predicted octanol–water partition coefficient (Wildman–Crippen LogP) is 4.13. The monoisotopic (exact) mass is 260 g/mol. The molecule has 1 saturated carbocycles. The maximum atomic E-state index is 3.71. The van der Waals surface area contributed by atoms with Crippen LogP contribution in [0.3, 0.4) is 0 Å². The van der Waals surface area contributed by atoms with Crippen LogP contribution in [0.1, 0.15) is 44.6 Å². The first kappa shape index (κ1) is 14.4. The van der Waals surface area contributed by atoms with Crippen molar-refractivity contribution in [1.29, 1.82) is 0 Å². The fourth-order valence-electron chi connectivity index (χ4n) is 3.14. The van der Waals surface area contributed by atoms with Crippen LogP contribution >= 0.6 is 0 Å². The lowest BCUT2D eigenvalue weighted by Gasteiger charge is -2.29. The van der Waals surface area contributed by atoms with Gasteiger partial charge in [-0.15, -0.1) is 0 Å². The van der Waals surface area contributed by atoms with Crippen molar-refractivity contribution in [3.63, 3.8) is 0 Å². The van der Waals surface area contributed by atoms with Gasteiger partial charge in [-0.3, -0.25) is 0 Å². The molecular formula is C17H28N2. The maximum absolute atomic E-state index is 3.71. The van der Waals surface area contributed by atoms with E-state index < -0.39 is 0 Å². The third-order valence-corrected chi connectivity index (χ3v) is 4.18. The largest absolute Gasteiger partial charge is 0.382 e. The van der Waals surface area contributed by atoms with E-state index in [-0.39, 0.29) is 0 Å². The van der Waals surface area contributed by atoms with Crippen LogP contribution in [0.2, 0.25) is 0 Å². The van der Waals surface area contributed by atoms with Gasteiger partial charge in [0.25, 0.3) is 0 Å². The number of nitrogens with one attached hydrogen (secondary N) is 1. The number of hydrogen-bond donors (Lipinski definition) is 1. The first-order valence-electron chi connectivity index (χ1n) is 7.65. The summed E-state index contributed by atoms with van der Waals surface area (Å²) in [7, 11) is 4.23. The molecule has 2 rings (SSSR count). The smallest absolute Gasteiger partial charge is 0.0345 e. The molecule has 0 aromatic heterocycles. The van der Waals surface area contributed by atoms with Crippen molar-refractivity contribution in [2.75, 3.05) is 19.4 Å². The molecule has 1 aromatic carbocycles. The molecule has 1 fully saturated rings. The van der Waals surface area contributed by atoms with Gasteiger partial charge in [0, 0.05) is 18.3 Å². The summed E-state index contributed by atoms with van der Waals surface area (Å²) in [6.45, 7) is 3.35. The molecule has 0 amide bonds. The lowest BCUT2D eigenvalue weighted by molar-refractivity contribution is 0.328. The van der Waals surface area contributed by atoms with Crippen molar-refractivity contribution in [1.82, 2.24) is 4.90 Å². The van der Waals surface area contributed by atoms with Crippen molar-refractivity contribution < 1.29 is 0 Å². The van der Waals surface area contributed by atoms with Crippen LogP contribution in [0.4, 0.5) is 5.69 Å². The maximum Gasteiger partial charge on any atom is 0.0345 e. The Balaban J connectivity index is 1.93. The van der Waals surface area contributed by atoms with Gasteiger partial charge in [0.15, 0.2) is 0 Å². The Morgan fingerprint density at radius 3 is 2.63 bits per heavy atom. The summed E-state index contributed by atoms with van der Waals surface area (Å²) < 4.78 is 0. The minimum absolute atomic E-state index is 0.593. The quantitative estimate of drug-likeness (QED) is 0.856. The Hall–Kier alpha value is -1.02. The predicted molar refractivity (Wildman–Crippen MR) is 83.5 cm³/mol. The minimum Gasteiger partial charge on any atom is -0.382 e. The Morgan fingerprint density at radius 1 is 1.21 bits per heavy atom. The Bertz CT molecular complexity index is 381. The zero-order valence-electron chi connectivity index (χ0n) is 12.7. The lowest BCUT2D eigenvalue weighted by Crippen LogP contribution is -2.27. The molecule has 0 bridgehead atoms. The summed E-state index contributed by atoms with van der Waals surface area (Å²) in [4.78, 5) is 2.21. The van der Waals surface area contributed by atoms with Gasteiger partial charge in [-0.1, -0.05) is 31.4 Å². The number of benzene rings is 1. The third-order valence-electron chi connectivity index (χ3n) is 4.18. The first-order chi connectivity index (χ1) is 9.15. The Kier molecular flexibility index (Phi) is 5.26. The van der Waals surface area contributed by atoms with E-state index in [0.29, 0.717) is 6.04 Å². The van der Waals surface area contributed by atoms with E-state index in [2.05, 4.69) is 55.5 Å². The summed E-state index contributed by atoms with van der Waals surface area (Å²) in [5, 5.41) is 3.71. The van der Waals surface area contributed by atoms with Crippen molar-refractivity contribution in [2.45, 2.75) is 51.6 Å². The van der Waals surface area contributed by atoms with Crippen molar-refractivity contribution in [2.24, 2.45) is 5.92 Å². The highest BCUT2D eigenvalue weighted by atomic mass is 15.0. The van der Waals surface area contributed by atoms with Crippen molar-refractivity contribution >= 4 is 5.69 Å². The molecule has 0 spiro atoms. The number of nitrogens with zero attached hydrogens (tertiary/aromatic N) is 1. The second-order valence-corrected chi connectivity index (χ2v) is 6.27. The van der Waals surface area contributed by atoms with Gasteiger partial charge in [0.1, 0.15) is 0 Å². The molecule has 2 heteroatoms.